The van der Waals surface area contributed by atoms with Crippen molar-refractivity contribution < 1.29 is 4.39 Å². The molecule has 150 valence electrons. The van der Waals surface area contributed by atoms with Gasteiger partial charge in [-0.3, -0.25) is 9.80 Å². The first-order valence-corrected chi connectivity index (χ1v) is 10.6. The second kappa shape index (κ2) is 9.27. The van der Waals surface area contributed by atoms with Crippen LogP contribution in [0.5, 0.6) is 0 Å². The molecule has 1 aliphatic heterocycles. The zero-order valence-electron chi connectivity index (χ0n) is 16.1. The van der Waals surface area contributed by atoms with Crippen LogP contribution in [0.15, 0.2) is 72.8 Å². The lowest BCUT2D eigenvalue weighted by Crippen LogP contribution is -2.47. The van der Waals surface area contributed by atoms with Crippen molar-refractivity contribution in [3.05, 3.63) is 105 Å². The van der Waals surface area contributed by atoms with Crippen LogP contribution in [0.1, 0.15) is 29.3 Å². The van der Waals surface area contributed by atoms with Gasteiger partial charge in [-0.2, -0.15) is 0 Å². The van der Waals surface area contributed by atoms with Gasteiger partial charge >= 0.3 is 0 Å². The summed E-state index contributed by atoms with van der Waals surface area (Å²) >= 11 is 13.1. The minimum atomic E-state index is -0.213. The van der Waals surface area contributed by atoms with Crippen LogP contribution < -0.4 is 0 Å². The molecule has 0 spiro atoms. The van der Waals surface area contributed by atoms with Gasteiger partial charge in [0.15, 0.2) is 0 Å². The van der Waals surface area contributed by atoms with E-state index in [1.807, 2.05) is 48.5 Å². The van der Waals surface area contributed by atoms with Gasteiger partial charge in [0, 0.05) is 41.8 Å². The average molecular weight is 429 g/mol. The zero-order valence-corrected chi connectivity index (χ0v) is 17.6. The SMILES string of the molecule is Fc1ccc(CN2CCCN(Cc3ccccc3Cl)C2c2ccccc2Cl)cc1. The molecule has 1 fully saturated rings. The van der Waals surface area contributed by atoms with E-state index in [0.29, 0.717) is 0 Å². The third-order valence-corrected chi connectivity index (χ3v) is 6.11. The number of hydrogen-bond donors (Lipinski definition) is 0. The normalized spacial score (nSPS) is 18.1. The van der Waals surface area contributed by atoms with Gasteiger partial charge in [0.25, 0.3) is 0 Å². The monoisotopic (exact) mass is 428 g/mol. The van der Waals surface area contributed by atoms with Gasteiger partial charge in [0.2, 0.25) is 0 Å². The summed E-state index contributed by atoms with van der Waals surface area (Å²) in [5.41, 5.74) is 3.28. The predicted molar refractivity (Wildman–Crippen MR) is 117 cm³/mol. The Hall–Kier alpha value is -1.91. The van der Waals surface area contributed by atoms with Gasteiger partial charge in [-0.05, 0) is 41.8 Å². The Kier molecular flexibility index (Phi) is 6.51. The van der Waals surface area contributed by atoms with Gasteiger partial charge in [-0.25, -0.2) is 4.39 Å². The lowest BCUT2D eigenvalue weighted by molar-refractivity contribution is -0.00902. The topological polar surface area (TPSA) is 6.48 Å². The smallest absolute Gasteiger partial charge is 0.123 e. The van der Waals surface area contributed by atoms with Crippen LogP contribution in [0.25, 0.3) is 0 Å². The minimum absolute atomic E-state index is 0.0266. The molecule has 29 heavy (non-hydrogen) atoms. The van der Waals surface area contributed by atoms with Gasteiger partial charge in [0.05, 0.1) is 6.17 Å². The van der Waals surface area contributed by atoms with Crippen molar-refractivity contribution in [3.8, 4) is 0 Å². The number of nitrogens with zero attached hydrogens (tertiary/aromatic N) is 2. The molecule has 1 aliphatic rings. The Morgan fingerprint density at radius 1 is 0.759 bits per heavy atom. The number of rotatable bonds is 5. The van der Waals surface area contributed by atoms with Gasteiger partial charge in [0.1, 0.15) is 5.82 Å². The standard InChI is InChI=1S/C24H23Cl2FN2/c25-22-8-3-1-6-19(22)17-29-15-5-14-28(16-18-10-12-20(27)13-11-18)24(29)21-7-2-4-9-23(21)26/h1-4,6-13,24H,5,14-17H2. The highest BCUT2D eigenvalue weighted by Gasteiger charge is 2.32. The lowest BCUT2D eigenvalue weighted by atomic mass is 10.0. The summed E-state index contributed by atoms with van der Waals surface area (Å²) in [6, 6.07) is 22.7. The second-order valence-corrected chi connectivity index (χ2v) is 8.22. The summed E-state index contributed by atoms with van der Waals surface area (Å²) in [6.07, 6.45) is 1.07. The van der Waals surface area contributed by atoms with Gasteiger partial charge in [-0.1, -0.05) is 71.7 Å². The van der Waals surface area contributed by atoms with Crippen molar-refractivity contribution in [2.75, 3.05) is 13.1 Å². The Balaban J connectivity index is 1.67. The van der Waals surface area contributed by atoms with E-state index >= 15 is 0 Å². The van der Waals surface area contributed by atoms with E-state index in [1.165, 1.54) is 12.1 Å². The van der Waals surface area contributed by atoms with Crippen LogP contribution in [0.4, 0.5) is 4.39 Å². The second-order valence-electron chi connectivity index (χ2n) is 7.41. The van der Waals surface area contributed by atoms with E-state index in [9.17, 15) is 4.39 Å². The Bertz CT molecular complexity index is 961. The first kappa shape index (κ1) is 20.4. The maximum Gasteiger partial charge on any atom is 0.123 e. The fraction of sp³-hybridized carbons (Fsp3) is 0.250. The van der Waals surface area contributed by atoms with Crippen LogP contribution in [0.2, 0.25) is 10.0 Å². The van der Waals surface area contributed by atoms with Crippen LogP contribution in [-0.2, 0) is 13.1 Å². The molecular weight excluding hydrogens is 406 g/mol. The zero-order chi connectivity index (χ0) is 20.2. The minimum Gasteiger partial charge on any atom is -0.280 e. The van der Waals surface area contributed by atoms with E-state index in [0.717, 1.165) is 59.3 Å². The summed E-state index contributed by atoms with van der Waals surface area (Å²) in [6.45, 7) is 3.39. The van der Waals surface area contributed by atoms with Crippen molar-refractivity contribution in [1.82, 2.24) is 9.80 Å². The van der Waals surface area contributed by atoms with Crippen molar-refractivity contribution in [3.63, 3.8) is 0 Å². The molecule has 0 amide bonds. The molecule has 1 saturated heterocycles. The largest absolute Gasteiger partial charge is 0.280 e. The molecule has 2 nitrogen and oxygen atoms in total. The van der Waals surface area contributed by atoms with E-state index in [-0.39, 0.29) is 12.0 Å². The fourth-order valence-corrected chi connectivity index (χ4v) is 4.46. The predicted octanol–water partition coefficient (Wildman–Crippen LogP) is 6.54. The van der Waals surface area contributed by atoms with Gasteiger partial charge in [-0.15, -0.1) is 0 Å². The van der Waals surface area contributed by atoms with Crippen LogP contribution in [0.3, 0.4) is 0 Å². The lowest BCUT2D eigenvalue weighted by Gasteiger charge is -2.44. The van der Waals surface area contributed by atoms with Crippen molar-refractivity contribution >= 4 is 23.2 Å². The molecule has 5 heteroatoms. The summed E-state index contributed by atoms with van der Waals surface area (Å²) in [4.78, 5) is 4.84. The summed E-state index contributed by atoms with van der Waals surface area (Å²) in [5.74, 6) is -0.213. The van der Waals surface area contributed by atoms with Crippen molar-refractivity contribution in [2.24, 2.45) is 0 Å². The molecule has 0 bridgehead atoms. The molecule has 0 saturated carbocycles. The van der Waals surface area contributed by atoms with E-state index in [2.05, 4.69) is 21.9 Å². The molecule has 0 N–H and O–H groups in total. The van der Waals surface area contributed by atoms with E-state index < -0.39 is 0 Å². The molecule has 1 heterocycles. The highest BCUT2D eigenvalue weighted by molar-refractivity contribution is 6.31. The van der Waals surface area contributed by atoms with E-state index in [1.54, 1.807) is 0 Å². The number of hydrogen-bond acceptors (Lipinski definition) is 2. The first-order valence-electron chi connectivity index (χ1n) is 9.82. The highest BCUT2D eigenvalue weighted by Crippen LogP contribution is 2.36. The van der Waals surface area contributed by atoms with Crippen molar-refractivity contribution in [1.29, 1.82) is 0 Å². The molecule has 4 rings (SSSR count). The molecule has 1 unspecified atom stereocenters. The molecule has 0 aliphatic carbocycles. The Morgan fingerprint density at radius 3 is 2.07 bits per heavy atom. The Morgan fingerprint density at radius 2 is 1.38 bits per heavy atom. The maximum atomic E-state index is 13.4. The molecule has 0 aromatic heterocycles. The molecule has 0 radical (unpaired) electrons. The molecule has 3 aromatic carbocycles. The Labute approximate surface area is 181 Å². The quantitative estimate of drug-likeness (QED) is 0.455. The first-order chi connectivity index (χ1) is 14.1. The third-order valence-electron chi connectivity index (χ3n) is 5.40. The summed E-state index contributed by atoms with van der Waals surface area (Å²) in [5, 5.41) is 1.54. The number of halogens is 3. The summed E-state index contributed by atoms with van der Waals surface area (Å²) < 4.78 is 13.4. The third kappa shape index (κ3) is 4.81. The summed E-state index contributed by atoms with van der Waals surface area (Å²) in [7, 11) is 0. The van der Waals surface area contributed by atoms with Crippen LogP contribution in [0, 0.1) is 5.82 Å². The molecule has 3 aromatic rings. The van der Waals surface area contributed by atoms with E-state index in [4.69, 9.17) is 23.2 Å². The van der Waals surface area contributed by atoms with Crippen molar-refractivity contribution in [2.45, 2.75) is 25.7 Å². The van der Waals surface area contributed by atoms with Gasteiger partial charge < -0.3 is 0 Å². The maximum absolute atomic E-state index is 13.4. The average Bonchev–Trinajstić information content (AvgIpc) is 2.72. The molecule has 1 atom stereocenters. The number of benzene rings is 3. The fourth-order valence-electron chi connectivity index (χ4n) is 4.03. The van der Waals surface area contributed by atoms with Crippen LogP contribution in [-0.4, -0.2) is 22.9 Å². The highest BCUT2D eigenvalue weighted by atomic mass is 35.5. The van der Waals surface area contributed by atoms with Crippen LogP contribution >= 0.6 is 23.2 Å². The molecular formula is C24H23Cl2FN2.